The highest BCUT2D eigenvalue weighted by molar-refractivity contribution is 5.88. The first kappa shape index (κ1) is 20.0. The number of ether oxygens (including phenoxy) is 1. The number of alkyl halides is 3. The van der Waals surface area contributed by atoms with Gasteiger partial charge < -0.3 is 14.7 Å². The first-order valence-electron chi connectivity index (χ1n) is 8.93. The first-order valence-corrected chi connectivity index (χ1v) is 8.93. The maximum atomic E-state index is 13.2. The van der Waals surface area contributed by atoms with Crippen molar-refractivity contribution in [3.8, 4) is 5.75 Å². The van der Waals surface area contributed by atoms with Crippen molar-refractivity contribution < 1.29 is 32.6 Å². The van der Waals surface area contributed by atoms with Crippen LogP contribution in [0.15, 0.2) is 42.5 Å². The number of amides is 1. The molecule has 0 aliphatic carbocycles. The number of rotatable bonds is 6. The Morgan fingerprint density at radius 3 is 2.54 bits per heavy atom. The first-order chi connectivity index (χ1) is 13.2. The highest BCUT2D eigenvalue weighted by Gasteiger charge is 2.64. The lowest BCUT2D eigenvalue weighted by Crippen LogP contribution is -2.47. The fourth-order valence-corrected chi connectivity index (χ4v) is 3.44. The quantitative estimate of drug-likeness (QED) is 0.755. The van der Waals surface area contributed by atoms with Crippen LogP contribution in [0.2, 0.25) is 0 Å². The third kappa shape index (κ3) is 3.76. The molecule has 1 aliphatic heterocycles. The van der Waals surface area contributed by atoms with Gasteiger partial charge in [0.15, 0.2) is 5.41 Å². The van der Waals surface area contributed by atoms with Gasteiger partial charge in [-0.2, -0.15) is 13.2 Å². The van der Waals surface area contributed by atoms with E-state index in [9.17, 15) is 22.8 Å². The number of halogens is 3. The minimum Gasteiger partial charge on any atom is -0.493 e. The Bertz CT molecular complexity index is 878. The molecule has 1 heterocycles. The molecule has 1 atom stereocenters. The number of fused-ring (bicyclic) bond motifs is 1. The molecule has 1 N–H and O–H groups in total. The van der Waals surface area contributed by atoms with Crippen LogP contribution < -0.4 is 4.74 Å². The van der Waals surface area contributed by atoms with Gasteiger partial charge in [-0.05, 0) is 24.3 Å². The molecule has 0 saturated carbocycles. The van der Waals surface area contributed by atoms with Crippen LogP contribution in [0.5, 0.6) is 5.75 Å². The largest absolute Gasteiger partial charge is 0.493 e. The summed E-state index contributed by atoms with van der Waals surface area (Å²) in [4.78, 5) is 24.4. The van der Waals surface area contributed by atoms with Crippen LogP contribution in [-0.4, -0.2) is 47.8 Å². The molecule has 1 saturated heterocycles. The SMILES string of the molecule is O=C(CCCOc1cccc2ccccc12)N1CCC(C(=O)O)(C(F)(F)F)C1. The third-order valence-electron chi connectivity index (χ3n) is 5.12. The average molecular weight is 395 g/mol. The van der Waals surface area contributed by atoms with Gasteiger partial charge in [0, 0.05) is 24.9 Å². The van der Waals surface area contributed by atoms with Gasteiger partial charge in [0.2, 0.25) is 5.91 Å². The highest BCUT2D eigenvalue weighted by atomic mass is 19.4. The smallest absolute Gasteiger partial charge is 0.406 e. The molecule has 0 radical (unpaired) electrons. The Morgan fingerprint density at radius 2 is 1.86 bits per heavy atom. The van der Waals surface area contributed by atoms with Crippen LogP contribution >= 0.6 is 0 Å². The van der Waals surface area contributed by atoms with E-state index in [1.165, 1.54) is 0 Å². The topological polar surface area (TPSA) is 66.8 Å². The number of likely N-dealkylation sites (tertiary alicyclic amines) is 1. The van der Waals surface area contributed by atoms with Gasteiger partial charge in [0.05, 0.1) is 6.61 Å². The zero-order chi connectivity index (χ0) is 20.4. The van der Waals surface area contributed by atoms with Crippen molar-refractivity contribution in [1.82, 2.24) is 4.90 Å². The number of carboxylic acids is 1. The Balaban J connectivity index is 1.53. The second kappa shape index (κ2) is 7.69. The molecule has 28 heavy (non-hydrogen) atoms. The summed E-state index contributed by atoms with van der Waals surface area (Å²) in [5.74, 6) is -1.75. The van der Waals surface area contributed by atoms with Crippen molar-refractivity contribution in [2.24, 2.45) is 5.41 Å². The molecule has 0 aromatic heterocycles. The standard InChI is InChI=1S/C20H20F3NO4/c21-20(22,23)19(18(26)27)10-11-24(13-19)17(25)9-4-12-28-16-8-3-6-14-5-1-2-7-15(14)16/h1-3,5-8H,4,9-13H2,(H,26,27). The van der Waals surface area contributed by atoms with Crippen LogP contribution in [-0.2, 0) is 9.59 Å². The molecule has 5 nitrogen and oxygen atoms in total. The second-order valence-electron chi connectivity index (χ2n) is 6.88. The summed E-state index contributed by atoms with van der Waals surface area (Å²) < 4.78 is 45.3. The molecule has 0 spiro atoms. The van der Waals surface area contributed by atoms with E-state index in [1.54, 1.807) is 0 Å². The number of aliphatic carboxylic acids is 1. The molecule has 3 rings (SSSR count). The Morgan fingerprint density at radius 1 is 1.14 bits per heavy atom. The Hall–Kier alpha value is -2.77. The summed E-state index contributed by atoms with van der Waals surface area (Å²) in [5.41, 5.74) is -2.87. The van der Waals surface area contributed by atoms with E-state index in [2.05, 4.69) is 0 Å². The molecule has 2 aromatic rings. The molecular weight excluding hydrogens is 375 g/mol. The minimum atomic E-state index is -4.90. The van der Waals surface area contributed by atoms with Crippen LogP contribution in [0.1, 0.15) is 19.3 Å². The molecular formula is C20H20F3NO4. The maximum Gasteiger partial charge on any atom is 0.406 e. The Labute approximate surface area is 159 Å². The number of nitrogens with zero attached hydrogens (tertiary/aromatic N) is 1. The van der Waals surface area contributed by atoms with Crippen LogP contribution in [0.3, 0.4) is 0 Å². The van der Waals surface area contributed by atoms with Gasteiger partial charge in [-0.15, -0.1) is 0 Å². The average Bonchev–Trinajstić information content (AvgIpc) is 3.12. The molecule has 2 aromatic carbocycles. The zero-order valence-corrected chi connectivity index (χ0v) is 15.0. The predicted molar refractivity (Wildman–Crippen MR) is 96.0 cm³/mol. The summed E-state index contributed by atoms with van der Waals surface area (Å²) >= 11 is 0. The Kier molecular flexibility index (Phi) is 5.49. The number of hydrogen-bond acceptors (Lipinski definition) is 3. The molecule has 150 valence electrons. The van der Waals surface area contributed by atoms with Gasteiger partial charge in [0.1, 0.15) is 5.75 Å². The van der Waals surface area contributed by atoms with Crippen LogP contribution in [0, 0.1) is 5.41 Å². The number of carbonyl (C=O) groups excluding carboxylic acids is 1. The van der Waals surface area contributed by atoms with Crippen molar-refractivity contribution in [1.29, 1.82) is 0 Å². The third-order valence-corrected chi connectivity index (χ3v) is 5.12. The monoisotopic (exact) mass is 395 g/mol. The molecule has 1 fully saturated rings. The summed E-state index contributed by atoms with van der Waals surface area (Å²) in [6.07, 6.45) is -5.20. The number of carboxylic acid groups (broad SMARTS) is 1. The number of benzene rings is 2. The second-order valence-corrected chi connectivity index (χ2v) is 6.88. The normalized spacial score (nSPS) is 19.8. The summed E-state index contributed by atoms with van der Waals surface area (Å²) in [6, 6.07) is 13.3. The van der Waals surface area contributed by atoms with Gasteiger partial charge in [0.25, 0.3) is 0 Å². The van der Waals surface area contributed by atoms with Gasteiger partial charge in [-0.3, -0.25) is 9.59 Å². The lowest BCUT2D eigenvalue weighted by molar-refractivity contribution is -0.227. The maximum absolute atomic E-state index is 13.2. The van der Waals surface area contributed by atoms with E-state index in [0.717, 1.165) is 15.7 Å². The van der Waals surface area contributed by atoms with E-state index in [4.69, 9.17) is 9.84 Å². The van der Waals surface area contributed by atoms with Crippen molar-refractivity contribution >= 4 is 22.6 Å². The predicted octanol–water partition coefficient (Wildman–Crippen LogP) is 3.86. The summed E-state index contributed by atoms with van der Waals surface area (Å²) in [7, 11) is 0. The minimum absolute atomic E-state index is 0.00166. The number of carbonyl (C=O) groups is 2. The van der Waals surface area contributed by atoms with Gasteiger partial charge in [-0.25, -0.2) is 0 Å². The van der Waals surface area contributed by atoms with Crippen LogP contribution in [0.4, 0.5) is 13.2 Å². The van der Waals surface area contributed by atoms with E-state index in [1.807, 2.05) is 42.5 Å². The molecule has 1 unspecified atom stereocenters. The van der Waals surface area contributed by atoms with E-state index < -0.39 is 36.4 Å². The summed E-state index contributed by atoms with van der Waals surface area (Å²) in [5, 5.41) is 11.0. The lowest BCUT2D eigenvalue weighted by atomic mass is 9.86. The molecule has 8 heteroatoms. The van der Waals surface area contributed by atoms with Crippen LogP contribution in [0.25, 0.3) is 10.8 Å². The van der Waals surface area contributed by atoms with E-state index in [0.29, 0.717) is 12.2 Å². The molecule has 1 amide bonds. The zero-order valence-electron chi connectivity index (χ0n) is 15.0. The summed E-state index contributed by atoms with van der Waals surface area (Å²) in [6.45, 7) is -0.819. The fraction of sp³-hybridized carbons (Fsp3) is 0.400. The molecule has 0 bridgehead atoms. The van der Waals surface area contributed by atoms with Crippen molar-refractivity contribution in [3.63, 3.8) is 0 Å². The number of hydrogen-bond donors (Lipinski definition) is 1. The highest BCUT2D eigenvalue weighted by Crippen LogP contribution is 2.45. The molecule has 1 aliphatic rings. The van der Waals surface area contributed by atoms with Crippen molar-refractivity contribution in [3.05, 3.63) is 42.5 Å². The van der Waals surface area contributed by atoms with Gasteiger partial charge in [-0.1, -0.05) is 36.4 Å². The fourth-order valence-electron chi connectivity index (χ4n) is 3.44. The lowest BCUT2D eigenvalue weighted by Gasteiger charge is -2.27. The van der Waals surface area contributed by atoms with E-state index >= 15 is 0 Å². The van der Waals surface area contributed by atoms with Crippen molar-refractivity contribution in [2.75, 3.05) is 19.7 Å². The van der Waals surface area contributed by atoms with E-state index in [-0.39, 0.29) is 19.6 Å². The van der Waals surface area contributed by atoms with Gasteiger partial charge >= 0.3 is 12.1 Å². The van der Waals surface area contributed by atoms with Crippen molar-refractivity contribution in [2.45, 2.75) is 25.4 Å².